The minimum atomic E-state index is -0.141. The van der Waals surface area contributed by atoms with E-state index in [0.29, 0.717) is 23.7 Å². The molecule has 0 unspecified atom stereocenters. The molecule has 1 amide bonds. The van der Waals surface area contributed by atoms with Crippen LogP contribution in [-0.4, -0.2) is 36.4 Å². The molecule has 0 fully saturated rings. The van der Waals surface area contributed by atoms with E-state index in [-0.39, 0.29) is 5.91 Å². The van der Waals surface area contributed by atoms with Crippen molar-refractivity contribution >= 4 is 28.6 Å². The molecule has 0 aliphatic carbocycles. The number of hydrogen-bond donors (Lipinski definition) is 1. The van der Waals surface area contributed by atoms with Gasteiger partial charge in [-0.15, -0.1) is 0 Å². The average molecular weight is 487 g/mol. The summed E-state index contributed by atoms with van der Waals surface area (Å²) in [6, 6.07) is 16.2. The van der Waals surface area contributed by atoms with Crippen molar-refractivity contribution in [1.29, 1.82) is 0 Å². The van der Waals surface area contributed by atoms with Gasteiger partial charge >= 0.3 is 0 Å². The van der Waals surface area contributed by atoms with Gasteiger partial charge in [-0.2, -0.15) is 11.3 Å². The largest absolute Gasteiger partial charge is 0.441 e. The van der Waals surface area contributed by atoms with Crippen LogP contribution in [0, 0.1) is 6.92 Å². The van der Waals surface area contributed by atoms with Crippen molar-refractivity contribution in [2.75, 3.05) is 30.9 Å². The van der Waals surface area contributed by atoms with Crippen LogP contribution in [0.1, 0.15) is 39.4 Å². The standard InChI is InChI=1S/C28H30N4O2S/c1-19-25(17-31(2)16-20-10-11-26-21(15-20)7-6-13-32(26)3)30-28(34-19)23-8-4-5-9-24(23)29-27(33)22-12-14-35-18-22/h4-5,8-12,14-15,18H,6-7,13,16-17H2,1-3H3,(H,29,33). The molecule has 1 aliphatic heterocycles. The van der Waals surface area contributed by atoms with Gasteiger partial charge in [0.05, 0.1) is 22.5 Å². The van der Waals surface area contributed by atoms with Crippen LogP contribution in [0.5, 0.6) is 0 Å². The number of carbonyl (C=O) groups excluding carboxylic acids is 1. The number of aryl methyl sites for hydroxylation is 2. The zero-order valence-electron chi connectivity index (χ0n) is 20.4. The van der Waals surface area contributed by atoms with Crippen LogP contribution in [0.3, 0.4) is 0 Å². The number of nitrogens with one attached hydrogen (secondary N) is 1. The molecule has 3 heterocycles. The summed E-state index contributed by atoms with van der Waals surface area (Å²) >= 11 is 1.50. The Morgan fingerprint density at radius 1 is 1.20 bits per heavy atom. The lowest BCUT2D eigenvalue weighted by Crippen LogP contribution is -2.25. The molecule has 1 aliphatic rings. The van der Waals surface area contributed by atoms with Crippen molar-refractivity contribution in [1.82, 2.24) is 9.88 Å². The predicted molar refractivity (Wildman–Crippen MR) is 142 cm³/mol. The Morgan fingerprint density at radius 3 is 2.89 bits per heavy atom. The highest BCUT2D eigenvalue weighted by molar-refractivity contribution is 7.08. The number of rotatable bonds is 7. The summed E-state index contributed by atoms with van der Waals surface area (Å²) in [5.41, 5.74) is 7.10. The van der Waals surface area contributed by atoms with Crippen LogP contribution in [0.2, 0.25) is 0 Å². The maximum absolute atomic E-state index is 12.6. The molecule has 0 saturated carbocycles. The lowest BCUT2D eigenvalue weighted by molar-refractivity contribution is 0.102. The van der Waals surface area contributed by atoms with Crippen molar-refractivity contribution in [3.63, 3.8) is 0 Å². The zero-order valence-corrected chi connectivity index (χ0v) is 21.2. The second-order valence-electron chi connectivity index (χ2n) is 9.19. The van der Waals surface area contributed by atoms with E-state index in [0.717, 1.165) is 36.5 Å². The average Bonchev–Trinajstić information content (AvgIpc) is 3.50. The number of amides is 1. The molecular formula is C28H30N4O2S. The van der Waals surface area contributed by atoms with Crippen LogP contribution in [0.25, 0.3) is 11.5 Å². The van der Waals surface area contributed by atoms with Crippen molar-refractivity contribution in [2.24, 2.45) is 0 Å². The Kier molecular flexibility index (Phi) is 6.70. The van der Waals surface area contributed by atoms with Crippen LogP contribution < -0.4 is 10.2 Å². The van der Waals surface area contributed by atoms with Gasteiger partial charge in [0, 0.05) is 37.7 Å². The van der Waals surface area contributed by atoms with Crippen LogP contribution in [-0.2, 0) is 19.5 Å². The smallest absolute Gasteiger partial charge is 0.256 e. The fourth-order valence-corrected chi connectivity index (χ4v) is 5.25. The van der Waals surface area contributed by atoms with Crippen molar-refractivity contribution in [2.45, 2.75) is 32.9 Å². The quantitative estimate of drug-likeness (QED) is 0.348. The molecule has 0 saturated heterocycles. The number of thiophene rings is 1. The SMILES string of the molecule is Cc1oc(-c2ccccc2NC(=O)c2ccsc2)nc1CN(C)Cc1ccc2c(c1)CCCN2C. The fourth-order valence-electron chi connectivity index (χ4n) is 4.62. The first-order valence-corrected chi connectivity index (χ1v) is 12.8. The number of aromatic nitrogens is 1. The molecule has 2 aromatic carbocycles. The highest BCUT2D eigenvalue weighted by atomic mass is 32.1. The third-order valence-corrected chi connectivity index (χ3v) is 7.13. The molecule has 1 N–H and O–H groups in total. The summed E-state index contributed by atoms with van der Waals surface area (Å²) < 4.78 is 6.06. The molecular weight excluding hydrogens is 456 g/mol. The van der Waals surface area contributed by atoms with Gasteiger partial charge in [-0.05, 0) is 67.6 Å². The van der Waals surface area contributed by atoms with Crippen LogP contribution in [0.15, 0.2) is 63.7 Å². The first kappa shape index (κ1) is 23.3. The summed E-state index contributed by atoms with van der Waals surface area (Å²) in [6.45, 7) is 4.59. The summed E-state index contributed by atoms with van der Waals surface area (Å²) in [5.74, 6) is 1.17. The van der Waals surface area contributed by atoms with E-state index in [9.17, 15) is 4.79 Å². The summed E-state index contributed by atoms with van der Waals surface area (Å²) in [5, 5.41) is 6.72. The van der Waals surface area contributed by atoms with Gasteiger partial charge in [0.2, 0.25) is 5.89 Å². The molecule has 6 nitrogen and oxygen atoms in total. The maximum atomic E-state index is 12.6. The molecule has 180 valence electrons. The third kappa shape index (κ3) is 5.16. The second kappa shape index (κ2) is 10.1. The summed E-state index contributed by atoms with van der Waals surface area (Å²) in [7, 11) is 4.27. The van der Waals surface area contributed by atoms with Crippen LogP contribution in [0.4, 0.5) is 11.4 Å². The van der Waals surface area contributed by atoms with E-state index in [1.165, 1.54) is 34.6 Å². The number of oxazole rings is 1. The number of nitrogens with zero attached hydrogens (tertiary/aromatic N) is 3. The molecule has 7 heteroatoms. The topological polar surface area (TPSA) is 61.6 Å². The Balaban J connectivity index is 1.30. The summed E-state index contributed by atoms with van der Waals surface area (Å²) in [6.07, 6.45) is 2.35. The molecule has 2 aromatic heterocycles. The van der Waals surface area contributed by atoms with E-state index in [1.54, 1.807) is 0 Å². The first-order chi connectivity index (χ1) is 17.0. The summed E-state index contributed by atoms with van der Waals surface area (Å²) in [4.78, 5) is 22.0. The zero-order chi connectivity index (χ0) is 24.4. The minimum Gasteiger partial charge on any atom is -0.441 e. The monoisotopic (exact) mass is 486 g/mol. The Hall–Kier alpha value is -3.42. The van der Waals surface area contributed by atoms with E-state index in [1.807, 2.05) is 48.0 Å². The third-order valence-electron chi connectivity index (χ3n) is 6.45. The number of carbonyl (C=O) groups is 1. The van der Waals surface area contributed by atoms with Gasteiger partial charge in [0.25, 0.3) is 5.91 Å². The lowest BCUT2D eigenvalue weighted by Gasteiger charge is -2.28. The first-order valence-electron chi connectivity index (χ1n) is 11.9. The lowest BCUT2D eigenvalue weighted by atomic mass is 9.99. The molecule has 0 bridgehead atoms. The highest BCUT2D eigenvalue weighted by Gasteiger charge is 2.18. The molecule has 4 aromatic rings. The predicted octanol–water partition coefficient (Wildman–Crippen LogP) is 5.98. The van der Waals surface area contributed by atoms with Gasteiger partial charge in [0.15, 0.2) is 0 Å². The van der Waals surface area contributed by atoms with Gasteiger partial charge in [-0.3, -0.25) is 9.69 Å². The minimum absolute atomic E-state index is 0.141. The normalized spacial score (nSPS) is 13.2. The van der Waals surface area contributed by atoms with E-state index >= 15 is 0 Å². The van der Waals surface area contributed by atoms with Gasteiger partial charge in [0.1, 0.15) is 5.76 Å². The number of fused-ring (bicyclic) bond motifs is 1. The van der Waals surface area contributed by atoms with Gasteiger partial charge in [-0.1, -0.05) is 24.3 Å². The number of anilines is 2. The van der Waals surface area contributed by atoms with Crippen molar-refractivity contribution in [3.8, 4) is 11.5 Å². The Labute approximate surface area is 210 Å². The molecule has 0 atom stereocenters. The maximum Gasteiger partial charge on any atom is 0.256 e. The van der Waals surface area contributed by atoms with Crippen molar-refractivity contribution < 1.29 is 9.21 Å². The highest BCUT2D eigenvalue weighted by Crippen LogP contribution is 2.30. The van der Waals surface area contributed by atoms with Crippen molar-refractivity contribution in [3.05, 3.63) is 87.4 Å². The second-order valence-corrected chi connectivity index (χ2v) is 9.97. The molecule has 5 rings (SSSR count). The van der Waals surface area contributed by atoms with Gasteiger partial charge in [-0.25, -0.2) is 4.98 Å². The molecule has 35 heavy (non-hydrogen) atoms. The van der Waals surface area contributed by atoms with E-state index in [2.05, 4.69) is 47.4 Å². The Bertz CT molecular complexity index is 1330. The van der Waals surface area contributed by atoms with E-state index in [4.69, 9.17) is 9.40 Å². The molecule has 0 radical (unpaired) electrons. The Morgan fingerprint density at radius 2 is 2.06 bits per heavy atom. The number of para-hydroxylation sites is 1. The van der Waals surface area contributed by atoms with Gasteiger partial charge < -0.3 is 14.6 Å². The fraction of sp³-hybridized carbons (Fsp3) is 0.286. The number of benzene rings is 2. The number of hydrogen-bond acceptors (Lipinski definition) is 6. The van der Waals surface area contributed by atoms with E-state index < -0.39 is 0 Å². The molecule has 0 spiro atoms. The van der Waals surface area contributed by atoms with Crippen LogP contribution >= 0.6 is 11.3 Å².